The second-order valence-corrected chi connectivity index (χ2v) is 5.30. The second-order valence-electron chi connectivity index (χ2n) is 5.30. The fourth-order valence-corrected chi connectivity index (χ4v) is 2.49. The van der Waals surface area contributed by atoms with Gasteiger partial charge in [-0.25, -0.2) is 4.98 Å². The summed E-state index contributed by atoms with van der Waals surface area (Å²) in [7, 11) is 0. The smallest absolute Gasteiger partial charge is 0.305 e. The van der Waals surface area contributed by atoms with E-state index in [4.69, 9.17) is 5.26 Å². The largest absolute Gasteiger partial charge is 0.369 e. The van der Waals surface area contributed by atoms with Crippen molar-refractivity contribution in [2.24, 2.45) is 5.41 Å². The Hall–Kier alpha value is -2.16. The van der Waals surface area contributed by atoms with Crippen molar-refractivity contribution in [3.63, 3.8) is 0 Å². The zero-order valence-electron chi connectivity index (χ0n) is 10.8. The highest BCUT2D eigenvalue weighted by Gasteiger charge is 2.28. The number of nitro groups is 1. The van der Waals surface area contributed by atoms with Crippen LogP contribution in [-0.4, -0.2) is 16.5 Å². The standard InChI is InChI=1S/C13H16N4O2/c1-13(6-2-3-7-13)9-15-12-5-4-11(17(18)19)10(8-14)16-12/h4-5H,2-3,6-7,9H2,1H3,(H,15,16). The van der Waals surface area contributed by atoms with Crippen molar-refractivity contribution < 1.29 is 4.92 Å². The van der Waals surface area contributed by atoms with Crippen molar-refractivity contribution in [3.05, 3.63) is 27.9 Å². The summed E-state index contributed by atoms with van der Waals surface area (Å²) in [6, 6.07) is 4.64. The SMILES string of the molecule is CC1(CNc2ccc([N+](=O)[O-])c(C#N)n2)CCCC1. The number of nitriles is 1. The van der Waals surface area contributed by atoms with Gasteiger partial charge in [-0.1, -0.05) is 19.8 Å². The normalized spacial score (nSPS) is 16.8. The molecular weight excluding hydrogens is 244 g/mol. The lowest BCUT2D eigenvalue weighted by Gasteiger charge is -2.23. The molecule has 1 fully saturated rings. The van der Waals surface area contributed by atoms with Crippen LogP contribution < -0.4 is 5.32 Å². The third-order valence-corrected chi connectivity index (χ3v) is 3.68. The van der Waals surface area contributed by atoms with Crippen LogP contribution in [0.4, 0.5) is 11.5 Å². The Balaban J connectivity index is 2.09. The highest BCUT2D eigenvalue weighted by molar-refractivity contribution is 5.50. The van der Waals surface area contributed by atoms with Crippen molar-refractivity contribution in [2.75, 3.05) is 11.9 Å². The molecule has 0 aromatic carbocycles. The van der Waals surface area contributed by atoms with Crippen LogP contribution in [0.15, 0.2) is 12.1 Å². The Morgan fingerprint density at radius 1 is 1.53 bits per heavy atom. The molecule has 0 amide bonds. The monoisotopic (exact) mass is 260 g/mol. The molecule has 100 valence electrons. The van der Waals surface area contributed by atoms with Gasteiger partial charge in [0.1, 0.15) is 11.9 Å². The molecule has 1 saturated carbocycles. The van der Waals surface area contributed by atoms with Crippen molar-refractivity contribution in [1.82, 2.24) is 4.98 Å². The summed E-state index contributed by atoms with van der Waals surface area (Å²) in [5.41, 5.74) is -0.136. The van der Waals surface area contributed by atoms with Crippen molar-refractivity contribution in [3.8, 4) is 6.07 Å². The number of aromatic nitrogens is 1. The molecule has 0 radical (unpaired) electrons. The minimum atomic E-state index is -0.590. The molecule has 1 aliphatic rings. The quantitative estimate of drug-likeness (QED) is 0.663. The lowest BCUT2D eigenvalue weighted by molar-refractivity contribution is -0.385. The van der Waals surface area contributed by atoms with Crippen LogP contribution in [0.5, 0.6) is 0 Å². The van der Waals surface area contributed by atoms with E-state index in [9.17, 15) is 10.1 Å². The average Bonchev–Trinajstić information content (AvgIpc) is 2.83. The molecule has 6 heteroatoms. The Morgan fingerprint density at radius 3 is 2.79 bits per heavy atom. The summed E-state index contributed by atoms with van der Waals surface area (Å²) < 4.78 is 0. The molecule has 1 aromatic heterocycles. The van der Waals surface area contributed by atoms with Crippen molar-refractivity contribution in [2.45, 2.75) is 32.6 Å². The maximum atomic E-state index is 10.7. The molecular formula is C13H16N4O2. The molecule has 6 nitrogen and oxygen atoms in total. The van der Waals surface area contributed by atoms with Crippen LogP contribution >= 0.6 is 0 Å². The number of nitrogens with zero attached hydrogens (tertiary/aromatic N) is 3. The van der Waals surface area contributed by atoms with E-state index in [0.29, 0.717) is 5.82 Å². The Labute approximate surface area is 111 Å². The molecule has 1 N–H and O–H groups in total. The number of hydrogen-bond donors (Lipinski definition) is 1. The summed E-state index contributed by atoms with van der Waals surface area (Å²) in [6.45, 7) is 3.01. The molecule has 1 aliphatic carbocycles. The topological polar surface area (TPSA) is 91.9 Å². The Kier molecular flexibility index (Phi) is 3.65. The van der Waals surface area contributed by atoms with Gasteiger partial charge in [-0.2, -0.15) is 5.26 Å². The maximum Gasteiger partial charge on any atom is 0.305 e. The van der Waals surface area contributed by atoms with E-state index in [2.05, 4.69) is 17.2 Å². The molecule has 0 atom stereocenters. The highest BCUT2D eigenvalue weighted by Crippen LogP contribution is 2.37. The van der Waals surface area contributed by atoms with E-state index < -0.39 is 4.92 Å². The lowest BCUT2D eigenvalue weighted by Crippen LogP contribution is -2.23. The summed E-state index contributed by atoms with van der Waals surface area (Å²) in [4.78, 5) is 14.1. The molecule has 1 aromatic rings. The minimum absolute atomic E-state index is 0.147. The van der Waals surface area contributed by atoms with Crippen LogP contribution in [0.3, 0.4) is 0 Å². The van der Waals surface area contributed by atoms with Crippen LogP contribution in [0.2, 0.25) is 0 Å². The van der Waals surface area contributed by atoms with Gasteiger partial charge in [0.25, 0.3) is 0 Å². The first-order valence-corrected chi connectivity index (χ1v) is 6.33. The van der Waals surface area contributed by atoms with Crippen LogP contribution in [0.1, 0.15) is 38.3 Å². The number of pyridine rings is 1. The van der Waals surface area contributed by atoms with Gasteiger partial charge in [0.05, 0.1) is 4.92 Å². The van der Waals surface area contributed by atoms with Gasteiger partial charge in [-0.05, 0) is 24.3 Å². The maximum absolute atomic E-state index is 10.7. The molecule has 2 rings (SSSR count). The van der Waals surface area contributed by atoms with Gasteiger partial charge >= 0.3 is 5.69 Å². The van der Waals surface area contributed by atoms with E-state index in [-0.39, 0.29) is 16.8 Å². The first-order valence-electron chi connectivity index (χ1n) is 6.33. The zero-order valence-corrected chi connectivity index (χ0v) is 10.8. The fourth-order valence-electron chi connectivity index (χ4n) is 2.49. The Bertz CT molecular complexity index is 530. The predicted molar refractivity (Wildman–Crippen MR) is 70.7 cm³/mol. The molecule has 0 aliphatic heterocycles. The van der Waals surface area contributed by atoms with Crippen molar-refractivity contribution in [1.29, 1.82) is 5.26 Å². The third-order valence-electron chi connectivity index (χ3n) is 3.68. The van der Waals surface area contributed by atoms with Gasteiger partial charge in [0.15, 0.2) is 0 Å². The first kappa shape index (κ1) is 13.3. The van der Waals surface area contributed by atoms with Gasteiger partial charge < -0.3 is 5.32 Å². The molecule has 1 heterocycles. The van der Waals surface area contributed by atoms with E-state index in [1.807, 2.05) is 0 Å². The third kappa shape index (κ3) is 2.99. The average molecular weight is 260 g/mol. The second kappa shape index (κ2) is 5.22. The summed E-state index contributed by atoms with van der Waals surface area (Å²) in [5, 5.41) is 22.8. The van der Waals surface area contributed by atoms with Gasteiger partial charge in [-0.15, -0.1) is 0 Å². The number of nitrogens with one attached hydrogen (secondary N) is 1. The summed E-state index contributed by atoms with van der Waals surface area (Å²) in [6.07, 6.45) is 4.85. The predicted octanol–water partition coefficient (Wildman–Crippen LogP) is 2.85. The summed E-state index contributed by atoms with van der Waals surface area (Å²) in [5.74, 6) is 0.523. The molecule has 19 heavy (non-hydrogen) atoms. The minimum Gasteiger partial charge on any atom is -0.369 e. The number of rotatable bonds is 4. The van der Waals surface area contributed by atoms with Crippen LogP contribution in [0.25, 0.3) is 0 Å². The number of hydrogen-bond acceptors (Lipinski definition) is 5. The molecule has 0 spiro atoms. The lowest BCUT2D eigenvalue weighted by atomic mass is 9.89. The zero-order chi connectivity index (χ0) is 13.9. The molecule has 0 bridgehead atoms. The van der Waals surface area contributed by atoms with Crippen LogP contribution in [0, 0.1) is 26.9 Å². The number of anilines is 1. The first-order chi connectivity index (χ1) is 9.04. The van der Waals surface area contributed by atoms with E-state index in [0.717, 1.165) is 6.54 Å². The van der Waals surface area contributed by atoms with E-state index >= 15 is 0 Å². The fraction of sp³-hybridized carbons (Fsp3) is 0.538. The van der Waals surface area contributed by atoms with E-state index in [1.54, 1.807) is 12.1 Å². The van der Waals surface area contributed by atoms with Gasteiger partial charge in [0, 0.05) is 12.6 Å². The Morgan fingerprint density at radius 2 is 2.21 bits per heavy atom. The highest BCUT2D eigenvalue weighted by atomic mass is 16.6. The molecule has 0 unspecified atom stereocenters. The summed E-state index contributed by atoms with van der Waals surface area (Å²) >= 11 is 0. The van der Waals surface area contributed by atoms with Crippen LogP contribution in [-0.2, 0) is 0 Å². The van der Waals surface area contributed by atoms with Gasteiger partial charge in [0.2, 0.25) is 5.69 Å². The van der Waals surface area contributed by atoms with Crippen molar-refractivity contribution >= 4 is 11.5 Å². The van der Waals surface area contributed by atoms with E-state index in [1.165, 1.54) is 31.7 Å². The molecule has 0 saturated heterocycles. The van der Waals surface area contributed by atoms with Gasteiger partial charge in [-0.3, -0.25) is 10.1 Å².